The Morgan fingerprint density at radius 3 is 2.96 bits per heavy atom. The summed E-state index contributed by atoms with van der Waals surface area (Å²) in [4.78, 5) is 21.5. The Hall–Kier alpha value is -2.38. The third kappa shape index (κ3) is 2.76. The normalized spacial score (nSPS) is 16.0. The Balaban J connectivity index is 1.55. The van der Waals surface area contributed by atoms with Crippen molar-refractivity contribution in [2.24, 2.45) is 5.73 Å². The molecule has 123 valence electrons. The van der Waals surface area contributed by atoms with Gasteiger partial charge in [-0.25, -0.2) is 9.97 Å². The van der Waals surface area contributed by atoms with E-state index >= 15 is 0 Å². The van der Waals surface area contributed by atoms with Gasteiger partial charge in [-0.3, -0.25) is 9.69 Å². The van der Waals surface area contributed by atoms with Crippen LogP contribution in [0, 0.1) is 6.20 Å². The Morgan fingerprint density at radius 1 is 1.38 bits per heavy atom. The monoisotopic (exact) mass is 345 g/mol. The molecule has 0 bridgehead atoms. The molecule has 2 aliphatic rings. The van der Waals surface area contributed by atoms with Crippen molar-refractivity contribution in [3.63, 3.8) is 0 Å². The van der Waals surface area contributed by atoms with Crippen molar-refractivity contribution < 1.29 is 14.3 Å². The first-order valence-electron chi connectivity index (χ1n) is 7.48. The molecule has 0 saturated carbocycles. The molecule has 4 rings (SSSR count). The maximum atomic E-state index is 11.2. The van der Waals surface area contributed by atoms with Crippen molar-refractivity contribution >= 4 is 17.5 Å². The van der Waals surface area contributed by atoms with E-state index in [1.54, 1.807) is 6.07 Å². The number of hydrogen-bond acceptors (Lipinski definition) is 6. The largest absolute Gasteiger partial charge is 0.454 e. The summed E-state index contributed by atoms with van der Waals surface area (Å²) in [5, 5.41) is 0.636. The number of carbonyl (C=O) groups excluding carboxylic acids is 1. The summed E-state index contributed by atoms with van der Waals surface area (Å²) in [6.07, 6.45) is 3.63. The summed E-state index contributed by atoms with van der Waals surface area (Å²) >= 11 is 6.34. The summed E-state index contributed by atoms with van der Waals surface area (Å²) in [5.41, 5.74) is 7.90. The first kappa shape index (κ1) is 15.2. The highest BCUT2D eigenvalue weighted by atomic mass is 35.5. The molecule has 0 aliphatic carbocycles. The number of nitrogens with zero attached hydrogens (tertiary/aromatic N) is 3. The lowest BCUT2D eigenvalue weighted by atomic mass is 10.1. The third-order valence-corrected chi connectivity index (χ3v) is 4.45. The standard InChI is InChI=1S/C16H14ClN4O3/c17-11-4-14-13(23-8-24-14)3-10(11)6-21-2-1-9-5-19-16(15(18)22)20-12(9)7-21/h3-4H,1-2,6-8H2,(H2,18,22). The average molecular weight is 346 g/mol. The molecule has 1 aromatic heterocycles. The zero-order valence-corrected chi connectivity index (χ0v) is 13.5. The first-order chi connectivity index (χ1) is 11.6. The fraction of sp³-hybridized carbons (Fsp3) is 0.312. The van der Waals surface area contributed by atoms with Crippen molar-refractivity contribution in [3.05, 3.63) is 46.0 Å². The summed E-state index contributed by atoms with van der Waals surface area (Å²) in [6.45, 7) is 2.27. The first-order valence-corrected chi connectivity index (χ1v) is 7.85. The molecule has 8 heteroatoms. The van der Waals surface area contributed by atoms with Crippen LogP contribution in [0.25, 0.3) is 0 Å². The van der Waals surface area contributed by atoms with Gasteiger partial charge in [-0.15, -0.1) is 0 Å². The minimum absolute atomic E-state index is 0.00304. The minimum atomic E-state index is -0.648. The number of amides is 1. The molecular formula is C16H14ClN4O3. The summed E-state index contributed by atoms with van der Waals surface area (Å²) in [6, 6.07) is 3.68. The molecule has 1 radical (unpaired) electrons. The van der Waals surface area contributed by atoms with Crippen LogP contribution < -0.4 is 15.2 Å². The highest BCUT2D eigenvalue weighted by molar-refractivity contribution is 6.31. The predicted octanol–water partition coefficient (Wildman–Crippen LogP) is 1.32. The van der Waals surface area contributed by atoms with Crippen LogP contribution in [-0.4, -0.2) is 34.1 Å². The molecule has 24 heavy (non-hydrogen) atoms. The predicted molar refractivity (Wildman–Crippen MR) is 84.8 cm³/mol. The van der Waals surface area contributed by atoms with Gasteiger partial charge >= 0.3 is 0 Å². The molecule has 1 amide bonds. The number of aromatic nitrogens is 2. The fourth-order valence-corrected chi connectivity index (χ4v) is 3.08. The molecular weight excluding hydrogens is 332 g/mol. The van der Waals surface area contributed by atoms with E-state index in [9.17, 15) is 4.79 Å². The third-order valence-electron chi connectivity index (χ3n) is 4.09. The second-order valence-electron chi connectivity index (χ2n) is 5.71. The Bertz CT molecular complexity index is 827. The zero-order chi connectivity index (χ0) is 16.7. The van der Waals surface area contributed by atoms with Crippen LogP contribution in [-0.2, 0) is 19.5 Å². The van der Waals surface area contributed by atoms with Gasteiger partial charge in [0.1, 0.15) is 0 Å². The van der Waals surface area contributed by atoms with Crippen molar-refractivity contribution in [2.45, 2.75) is 19.5 Å². The van der Waals surface area contributed by atoms with E-state index in [4.69, 9.17) is 26.8 Å². The average Bonchev–Trinajstić information content (AvgIpc) is 3.01. The maximum Gasteiger partial charge on any atom is 0.286 e. The van der Waals surface area contributed by atoms with Crippen LogP contribution in [0.5, 0.6) is 11.5 Å². The number of benzene rings is 1. The van der Waals surface area contributed by atoms with Gasteiger partial charge in [0.15, 0.2) is 11.5 Å². The van der Waals surface area contributed by atoms with E-state index in [1.807, 2.05) is 6.07 Å². The smallest absolute Gasteiger partial charge is 0.286 e. The number of primary amides is 1. The highest BCUT2D eigenvalue weighted by Gasteiger charge is 2.22. The molecule has 0 spiro atoms. The van der Waals surface area contributed by atoms with E-state index in [-0.39, 0.29) is 12.6 Å². The summed E-state index contributed by atoms with van der Waals surface area (Å²) in [5.74, 6) is 0.723. The fourth-order valence-electron chi connectivity index (χ4n) is 2.86. The number of ether oxygens (including phenoxy) is 2. The Kier molecular flexibility index (Phi) is 3.74. The Morgan fingerprint density at radius 2 is 2.17 bits per heavy atom. The zero-order valence-electron chi connectivity index (χ0n) is 12.7. The van der Waals surface area contributed by atoms with E-state index in [2.05, 4.69) is 21.1 Å². The molecule has 0 fully saturated rings. The second-order valence-corrected chi connectivity index (χ2v) is 6.11. The summed E-state index contributed by atoms with van der Waals surface area (Å²) in [7, 11) is 0. The van der Waals surface area contributed by atoms with Crippen LogP contribution in [0.15, 0.2) is 12.1 Å². The van der Waals surface area contributed by atoms with Gasteiger partial charge in [0.25, 0.3) is 5.91 Å². The molecule has 0 atom stereocenters. The van der Waals surface area contributed by atoms with Crippen molar-refractivity contribution in [1.82, 2.24) is 14.9 Å². The van der Waals surface area contributed by atoms with Crippen molar-refractivity contribution in [2.75, 3.05) is 13.3 Å². The van der Waals surface area contributed by atoms with Gasteiger partial charge in [0, 0.05) is 36.3 Å². The SMILES string of the molecule is NC(=O)c1n[c]c2c(n1)CN(Cc1cc3c(cc1Cl)OCO3)CC2. The number of halogens is 1. The molecule has 7 nitrogen and oxygen atoms in total. The molecule has 2 aliphatic heterocycles. The van der Waals surface area contributed by atoms with Crippen LogP contribution >= 0.6 is 11.6 Å². The van der Waals surface area contributed by atoms with E-state index < -0.39 is 5.91 Å². The van der Waals surface area contributed by atoms with Gasteiger partial charge in [-0.05, 0) is 18.1 Å². The van der Waals surface area contributed by atoms with E-state index in [0.717, 1.165) is 29.8 Å². The van der Waals surface area contributed by atoms with Crippen LogP contribution in [0.2, 0.25) is 5.02 Å². The van der Waals surface area contributed by atoms with Gasteiger partial charge in [-0.2, -0.15) is 0 Å². The topological polar surface area (TPSA) is 90.6 Å². The molecule has 1 aromatic carbocycles. The van der Waals surface area contributed by atoms with Gasteiger partial charge < -0.3 is 15.2 Å². The lowest BCUT2D eigenvalue weighted by molar-refractivity contribution is 0.0989. The lowest BCUT2D eigenvalue weighted by Gasteiger charge is -2.28. The van der Waals surface area contributed by atoms with E-state index in [1.165, 1.54) is 0 Å². The molecule has 0 unspecified atom stereocenters. The number of fused-ring (bicyclic) bond motifs is 2. The highest BCUT2D eigenvalue weighted by Crippen LogP contribution is 2.37. The van der Waals surface area contributed by atoms with Gasteiger partial charge in [-0.1, -0.05) is 11.6 Å². The maximum absolute atomic E-state index is 11.2. The minimum Gasteiger partial charge on any atom is -0.454 e. The number of rotatable bonds is 3. The molecule has 3 heterocycles. The molecule has 0 saturated heterocycles. The number of hydrogen-bond donors (Lipinski definition) is 1. The molecule has 2 N–H and O–H groups in total. The van der Waals surface area contributed by atoms with Gasteiger partial charge in [0.05, 0.1) is 11.9 Å². The molecule has 2 aromatic rings. The van der Waals surface area contributed by atoms with Gasteiger partial charge in [0.2, 0.25) is 12.6 Å². The summed E-state index contributed by atoms with van der Waals surface area (Å²) < 4.78 is 10.7. The lowest BCUT2D eigenvalue weighted by Crippen LogP contribution is -2.32. The van der Waals surface area contributed by atoms with Crippen LogP contribution in [0.1, 0.15) is 27.4 Å². The van der Waals surface area contributed by atoms with E-state index in [0.29, 0.717) is 29.6 Å². The van der Waals surface area contributed by atoms with Crippen LogP contribution in [0.4, 0.5) is 0 Å². The number of carbonyl (C=O) groups is 1. The second kappa shape index (κ2) is 5.92. The van der Waals surface area contributed by atoms with Crippen molar-refractivity contribution in [3.8, 4) is 11.5 Å². The number of nitrogens with two attached hydrogens (primary N) is 1. The van der Waals surface area contributed by atoms with Crippen molar-refractivity contribution in [1.29, 1.82) is 0 Å². The quantitative estimate of drug-likeness (QED) is 0.902. The van der Waals surface area contributed by atoms with Crippen LogP contribution in [0.3, 0.4) is 0 Å². The Labute approximate surface area is 143 Å².